The van der Waals surface area contributed by atoms with Crippen LogP contribution in [0.15, 0.2) is 48.5 Å². The first kappa shape index (κ1) is 20.9. The summed E-state index contributed by atoms with van der Waals surface area (Å²) in [5.41, 5.74) is 1.64. The number of hydrogen-bond acceptors (Lipinski definition) is 5. The lowest BCUT2D eigenvalue weighted by molar-refractivity contribution is -0.384. The zero-order valence-corrected chi connectivity index (χ0v) is 16.3. The van der Waals surface area contributed by atoms with Gasteiger partial charge in [-0.1, -0.05) is 12.1 Å². The second-order valence-electron chi connectivity index (χ2n) is 7.11. The molecule has 0 radical (unpaired) electrons. The summed E-state index contributed by atoms with van der Waals surface area (Å²) in [5.74, 6) is -0.504. The number of nitrogens with zero attached hydrogens (tertiary/aromatic N) is 3. The van der Waals surface area contributed by atoms with Crippen LogP contribution in [0.5, 0.6) is 0 Å². The number of carbonyl (C=O) groups excluding carboxylic acids is 1. The fraction of sp³-hybridized carbons (Fsp3) is 0.381. The fourth-order valence-electron chi connectivity index (χ4n) is 3.72. The Bertz CT molecular complexity index is 851. The minimum absolute atomic E-state index is 0.00975. The molecule has 0 unspecified atom stereocenters. The van der Waals surface area contributed by atoms with Crippen molar-refractivity contribution < 1.29 is 18.8 Å². The third-order valence-electron chi connectivity index (χ3n) is 5.09. The van der Waals surface area contributed by atoms with E-state index in [4.69, 9.17) is 4.74 Å². The Morgan fingerprint density at radius 3 is 2.55 bits per heavy atom. The van der Waals surface area contributed by atoms with Gasteiger partial charge in [0.2, 0.25) is 0 Å². The van der Waals surface area contributed by atoms with E-state index in [1.807, 2.05) is 6.07 Å². The van der Waals surface area contributed by atoms with Crippen LogP contribution >= 0.6 is 0 Å². The third-order valence-corrected chi connectivity index (χ3v) is 5.09. The van der Waals surface area contributed by atoms with Gasteiger partial charge in [-0.3, -0.25) is 19.8 Å². The maximum Gasteiger partial charge on any atom is 0.269 e. The van der Waals surface area contributed by atoms with E-state index >= 15 is 0 Å². The van der Waals surface area contributed by atoms with E-state index in [2.05, 4.69) is 4.90 Å². The van der Waals surface area contributed by atoms with E-state index in [1.165, 1.54) is 25.3 Å². The number of nitro groups is 1. The second-order valence-corrected chi connectivity index (χ2v) is 7.11. The monoisotopic (exact) mass is 401 g/mol. The van der Waals surface area contributed by atoms with Gasteiger partial charge in [0.1, 0.15) is 12.4 Å². The average molecular weight is 401 g/mol. The molecule has 1 fully saturated rings. The van der Waals surface area contributed by atoms with Crippen molar-refractivity contribution in [2.24, 2.45) is 0 Å². The fourth-order valence-corrected chi connectivity index (χ4v) is 3.72. The van der Waals surface area contributed by atoms with Crippen LogP contribution < -0.4 is 4.90 Å². The van der Waals surface area contributed by atoms with Crippen molar-refractivity contribution in [2.45, 2.75) is 25.4 Å². The van der Waals surface area contributed by atoms with Crippen molar-refractivity contribution in [3.05, 3.63) is 70.0 Å². The summed E-state index contributed by atoms with van der Waals surface area (Å²) in [4.78, 5) is 27.1. The predicted molar refractivity (Wildman–Crippen MR) is 107 cm³/mol. The molecule has 2 aromatic carbocycles. The number of likely N-dealkylation sites (tertiary alicyclic amines) is 1. The van der Waals surface area contributed by atoms with Gasteiger partial charge in [0.25, 0.3) is 11.6 Å². The molecule has 1 aliphatic heterocycles. The maximum atomic E-state index is 13.3. The van der Waals surface area contributed by atoms with Crippen LogP contribution in [0.2, 0.25) is 0 Å². The first-order valence-electron chi connectivity index (χ1n) is 9.50. The normalized spacial score (nSPS) is 15.2. The lowest BCUT2D eigenvalue weighted by Crippen LogP contribution is -2.48. The highest BCUT2D eigenvalue weighted by atomic mass is 19.1. The van der Waals surface area contributed by atoms with Crippen molar-refractivity contribution in [1.82, 2.24) is 4.90 Å². The summed E-state index contributed by atoms with van der Waals surface area (Å²) in [7, 11) is 1.47. The molecule has 0 aliphatic carbocycles. The van der Waals surface area contributed by atoms with Gasteiger partial charge in [-0.05, 0) is 42.7 Å². The van der Waals surface area contributed by atoms with Crippen LogP contribution in [0.25, 0.3) is 0 Å². The van der Waals surface area contributed by atoms with Gasteiger partial charge in [-0.25, -0.2) is 4.39 Å². The van der Waals surface area contributed by atoms with Gasteiger partial charge in [0.15, 0.2) is 0 Å². The van der Waals surface area contributed by atoms with E-state index in [9.17, 15) is 19.3 Å². The Hall–Kier alpha value is -2.84. The minimum atomic E-state index is -0.391. The molecule has 3 rings (SSSR count). The number of benzene rings is 2. The van der Waals surface area contributed by atoms with E-state index in [0.29, 0.717) is 12.2 Å². The molecule has 8 heteroatoms. The highest BCUT2D eigenvalue weighted by Crippen LogP contribution is 2.25. The largest absolute Gasteiger partial charge is 0.375 e. The molecule has 0 atom stereocenters. The summed E-state index contributed by atoms with van der Waals surface area (Å²) in [6.45, 7) is 2.10. The SMILES string of the molecule is COCC(=O)N(c1ccc(F)cc1)C1CCN(Cc2cccc([N+](=O)[O-])c2)CC1. The molecule has 2 aromatic rings. The van der Waals surface area contributed by atoms with E-state index in [1.54, 1.807) is 29.2 Å². The van der Waals surface area contributed by atoms with Crippen LogP contribution in [0, 0.1) is 15.9 Å². The lowest BCUT2D eigenvalue weighted by atomic mass is 10.0. The van der Waals surface area contributed by atoms with Gasteiger partial charge in [-0.2, -0.15) is 0 Å². The van der Waals surface area contributed by atoms with Crippen LogP contribution in [0.1, 0.15) is 18.4 Å². The van der Waals surface area contributed by atoms with Crippen LogP contribution in [0.4, 0.5) is 15.8 Å². The number of carbonyl (C=O) groups is 1. The van der Waals surface area contributed by atoms with E-state index < -0.39 is 4.92 Å². The van der Waals surface area contributed by atoms with Crippen LogP contribution in [-0.4, -0.2) is 48.6 Å². The van der Waals surface area contributed by atoms with Crippen molar-refractivity contribution in [3.8, 4) is 0 Å². The number of anilines is 1. The molecule has 0 N–H and O–H groups in total. The third kappa shape index (κ3) is 5.36. The lowest BCUT2D eigenvalue weighted by Gasteiger charge is -2.38. The molecule has 1 saturated heterocycles. The zero-order chi connectivity index (χ0) is 20.8. The van der Waals surface area contributed by atoms with Crippen LogP contribution in [-0.2, 0) is 16.1 Å². The molecule has 1 aliphatic rings. The number of halogens is 1. The summed E-state index contributed by atoms with van der Waals surface area (Å²) in [5, 5.41) is 11.0. The summed E-state index contributed by atoms with van der Waals surface area (Å²) in [6, 6.07) is 12.6. The number of rotatable bonds is 7. The molecule has 7 nitrogen and oxygen atoms in total. The highest BCUT2D eigenvalue weighted by molar-refractivity contribution is 5.94. The Kier molecular flexibility index (Phi) is 6.90. The molecular weight excluding hydrogens is 377 g/mol. The molecule has 0 bridgehead atoms. The van der Waals surface area contributed by atoms with E-state index in [-0.39, 0.29) is 30.1 Å². The van der Waals surface area contributed by atoms with E-state index in [0.717, 1.165) is 31.5 Å². The number of amides is 1. The van der Waals surface area contributed by atoms with Crippen LogP contribution in [0.3, 0.4) is 0 Å². The summed E-state index contributed by atoms with van der Waals surface area (Å²) >= 11 is 0. The number of nitro benzene ring substituents is 1. The van der Waals surface area contributed by atoms with Crippen molar-refractivity contribution in [3.63, 3.8) is 0 Å². The molecule has 1 amide bonds. The number of hydrogen-bond donors (Lipinski definition) is 0. The Morgan fingerprint density at radius 2 is 1.93 bits per heavy atom. The van der Waals surface area contributed by atoms with Gasteiger partial charge in [-0.15, -0.1) is 0 Å². The first-order valence-corrected chi connectivity index (χ1v) is 9.50. The van der Waals surface area contributed by atoms with Crippen molar-refractivity contribution in [1.29, 1.82) is 0 Å². The number of ether oxygens (including phenoxy) is 1. The zero-order valence-electron chi connectivity index (χ0n) is 16.3. The molecule has 1 heterocycles. The Morgan fingerprint density at radius 1 is 1.24 bits per heavy atom. The second kappa shape index (κ2) is 9.58. The number of piperidine rings is 1. The number of non-ortho nitro benzene ring substituents is 1. The molecule has 154 valence electrons. The maximum absolute atomic E-state index is 13.3. The van der Waals surface area contributed by atoms with Gasteiger partial charge < -0.3 is 9.64 Å². The molecule has 0 saturated carbocycles. The average Bonchev–Trinajstić information content (AvgIpc) is 2.71. The van der Waals surface area contributed by atoms with Gasteiger partial charge >= 0.3 is 0 Å². The first-order chi connectivity index (χ1) is 14.0. The quantitative estimate of drug-likeness (QED) is 0.525. The molecule has 29 heavy (non-hydrogen) atoms. The van der Waals surface area contributed by atoms with Crippen molar-refractivity contribution >= 4 is 17.3 Å². The predicted octanol–water partition coefficient (Wildman–Crippen LogP) is 3.38. The van der Waals surface area contributed by atoms with Gasteiger partial charge in [0.05, 0.1) is 4.92 Å². The summed E-state index contributed by atoms with van der Waals surface area (Å²) in [6.07, 6.45) is 1.50. The topological polar surface area (TPSA) is 75.9 Å². The molecular formula is C21H24FN3O4. The standard InChI is InChI=1S/C21H24FN3O4/c1-29-15-21(26)24(18-7-5-17(22)6-8-18)19-9-11-23(12-10-19)14-16-3-2-4-20(13-16)25(27)28/h2-8,13,19H,9-12,14-15H2,1H3. The molecule has 0 aromatic heterocycles. The Labute approximate surface area is 168 Å². The number of methoxy groups -OCH3 is 1. The summed E-state index contributed by atoms with van der Waals surface area (Å²) < 4.78 is 18.3. The molecule has 0 spiro atoms. The Balaban J connectivity index is 1.66. The minimum Gasteiger partial charge on any atom is -0.375 e. The van der Waals surface area contributed by atoms with Gasteiger partial charge in [0, 0.05) is 50.6 Å². The highest BCUT2D eigenvalue weighted by Gasteiger charge is 2.29. The smallest absolute Gasteiger partial charge is 0.269 e. The van der Waals surface area contributed by atoms with Crippen molar-refractivity contribution in [2.75, 3.05) is 31.7 Å².